The normalized spacial score (nSPS) is 13.7. The molecule has 19 heavy (non-hydrogen) atoms. The van der Waals surface area contributed by atoms with Crippen molar-refractivity contribution < 1.29 is 15.2 Å². The van der Waals surface area contributed by atoms with Crippen molar-refractivity contribution in [1.82, 2.24) is 0 Å². The molecule has 0 aromatic heterocycles. The van der Waals surface area contributed by atoms with Crippen LogP contribution in [0.5, 0.6) is 0 Å². The molecule has 0 aromatic rings. The van der Waals surface area contributed by atoms with Gasteiger partial charge in [0.1, 0.15) is 12.6 Å². The lowest BCUT2D eigenvalue weighted by Crippen LogP contribution is -2.48. The van der Waals surface area contributed by atoms with Gasteiger partial charge in [-0.1, -0.05) is 64.7 Å². The van der Waals surface area contributed by atoms with E-state index in [1.54, 1.807) is 6.92 Å². The van der Waals surface area contributed by atoms with E-state index in [1.165, 1.54) is 57.8 Å². The Balaban J connectivity index is 3.27. The number of unbranched alkanes of at least 4 members (excludes halogenated alkanes) is 9. The van der Waals surface area contributed by atoms with Crippen LogP contribution in [0.15, 0.2) is 0 Å². The summed E-state index contributed by atoms with van der Waals surface area (Å²) in [5.41, 5.74) is 0. The summed E-state index contributed by atoms with van der Waals surface area (Å²) >= 11 is 0. The third-order valence-electron chi connectivity index (χ3n) is 4.15. The Hall–Kier alpha value is -0.120. The Morgan fingerprint density at radius 3 is 1.58 bits per heavy atom. The Morgan fingerprint density at radius 2 is 1.16 bits per heavy atom. The second-order valence-corrected chi connectivity index (χ2v) is 5.92. The van der Waals surface area contributed by atoms with Crippen molar-refractivity contribution in [3.05, 3.63) is 0 Å². The van der Waals surface area contributed by atoms with Crippen molar-refractivity contribution >= 4 is 0 Å². The first-order valence-corrected chi connectivity index (χ1v) is 8.37. The molecule has 0 saturated heterocycles. The Morgan fingerprint density at radius 1 is 0.737 bits per heavy atom. The molecular formula is C16H36NO2+. The highest BCUT2D eigenvalue weighted by Gasteiger charge is 2.28. The highest BCUT2D eigenvalue weighted by molar-refractivity contribution is 4.51. The average molecular weight is 274 g/mol. The molecular weight excluding hydrogens is 238 g/mol. The minimum atomic E-state index is -0.822. The largest absolute Gasteiger partial charge is 0.182 e. The lowest BCUT2D eigenvalue weighted by molar-refractivity contribution is -1.26. The molecule has 1 atom stereocenters. The van der Waals surface area contributed by atoms with Crippen LogP contribution in [0.2, 0.25) is 0 Å². The van der Waals surface area contributed by atoms with E-state index in [1.807, 2.05) is 6.92 Å². The second kappa shape index (κ2) is 11.7. The predicted octanol–water partition coefficient (Wildman–Crippen LogP) is 5.30. The zero-order valence-electron chi connectivity index (χ0n) is 13.4. The zero-order valence-corrected chi connectivity index (χ0v) is 13.4. The predicted molar refractivity (Wildman–Crippen MR) is 80.3 cm³/mol. The third-order valence-corrected chi connectivity index (χ3v) is 4.15. The van der Waals surface area contributed by atoms with Crippen LogP contribution in [0.25, 0.3) is 0 Å². The summed E-state index contributed by atoms with van der Waals surface area (Å²) < 4.78 is 0. The summed E-state index contributed by atoms with van der Waals surface area (Å²) in [4.78, 5) is -0.822. The van der Waals surface area contributed by atoms with Gasteiger partial charge in [-0.05, 0) is 25.1 Å². The van der Waals surface area contributed by atoms with Crippen LogP contribution < -0.4 is 0 Å². The van der Waals surface area contributed by atoms with Crippen molar-refractivity contribution in [2.75, 3.05) is 6.54 Å². The average Bonchev–Trinajstić information content (AvgIpc) is 2.40. The molecule has 3 heteroatoms. The summed E-state index contributed by atoms with van der Waals surface area (Å²) in [6.45, 7) is 6.33. The van der Waals surface area contributed by atoms with Gasteiger partial charge in [0.05, 0.1) is 0 Å². The molecule has 0 heterocycles. The maximum absolute atomic E-state index is 9.63. The van der Waals surface area contributed by atoms with Crippen LogP contribution >= 0.6 is 0 Å². The van der Waals surface area contributed by atoms with E-state index in [9.17, 15) is 10.4 Å². The van der Waals surface area contributed by atoms with E-state index in [0.29, 0.717) is 6.54 Å². The summed E-state index contributed by atoms with van der Waals surface area (Å²) in [5.74, 6) is 0. The highest BCUT2D eigenvalue weighted by Crippen LogP contribution is 2.15. The van der Waals surface area contributed by atoms with E-state index in [4.69, 9.17) is 0 Å². The number of hydrogen-bond acceptors (Lipinski definition) is 2. The standard InChI is InChI=1S/C16H36NO2/c1-4-6-7-8-9-10-11-12-13-14-15-16(3)17(18,19)5-2/h16,18-19H,4-15H2,1-3H3/q+1. The topological polar surface area (TPSA) is 40.5 Å². The minimum Gasteiger partial charge on any atom is -0.182 e. The molecule has 3 nitrogen and oxygen atoms in total. The third kappa shape index (κ3) is 10.3. The Bertz CT molecular complexity index is 195. The molecule has 0 aromatic carbocycles. The molecule has 0 rings (SSSR count). The molecule has 0 amide bonds. The van der Waals surface area contributed by atoms with Gasteiger partial charge in [0.15, 0.2) is 0 Å². The van der Waals surface area contributed by atoms with Gasteiger partial charge in [0.2, 0.25) is 0 Å². The lowest BCUT2D eigenvalue weighted by atomic mass is 10.0. The van der Waals surface area contributed by atoms with Crippen LogP contribution in [-0.2, 0) is 0 Å². The minimum absolute atomic E-state index is 0.0703. The first-order valence-electron chi connectivity index (χ1n) is 8.37. The van der Waals surface area contributed by atoms with Gasteiger partial charge < -0.3 is 0 Å². The molecule has 0 bridgehead atoms. The van der Waals surface area contributed by atoms with Gasteiger partial charge in [-0.3, -0.25) is 0 Å². The smallest absolute Gasteiger partial charge is 0.149 e. The van der Waals surface area contributed by atoms with Crippen LogP contribution in [0, 0.1) is 0 Å². The number of quaternary nitrogens is 1. The monoisotopic (exact) mass is 274 g/mol. The molecule has 2 N–H and O–H groups in total. The quantitative estimate of drug-likeness (QED) is 0.272. The molecule has 1 unspecified atom stereocenters. The number of rotatable bonds is 13. The molecule has 0 fully saturated rings. The number of nitrogens with zero attached hydrogens (tertiary/aromatic N) is 1. The van der Waals surface area contributed by atoms with Crippen molar-refractivity contribution in [3.8, 4) is 0 Å². The molecule has 0 aliphatic carbocycles. The highest BCUT2D eigenvalue weighted by atomic mass is 16.8. The van der Waals surface area contributed by atoms with Crippen LogP contribution in [0.1, 0.15) is 91.4 Å². The number of hydroxylamine groups is 4. The van der Waals surface area contributed by atoms with Crippen molar-refractivity contribution in [2.24, 2.45) is 0 Å². The summed E-state index contributed by atoms with van der Waals surface area (Å²) in [6.07, 6.45) is 14.1. The molecule has 116 valence electrons. The van der Waals surface area contributed by atoms with Crippen LogP contribution in [0.4, 0.5) is 0 Å². The fourth-order valence-corrected chi connectivity index (χ4v) is 2.45. The maximum atomic E-state index is 9.63. The zero-order chi connectivity index (χ0) is 14.6. The van der Waals surface area contributed by atoms with E-state index in [0.717, 1.165) is 12.8 Å². The van der Waals surface area contributed by atoms with Gasteiger partial charge in [-0.15, -0.1) is 0 Å². The summed E-state index contributed by atoms with van der Waals surface area (Å²) in [5, 5.41) is 19.3. The van der Waals surface area contributed by atoms with E-state index in [2.05, 4.69) is 6.92 Å². The fourth-order valence-electron chi connectivity index (χ4n) is 2.45. The molecule has 0 aliphatic heterocycles. The van der Waals surface area contributed by atoms with Crippen molar-refractivity contribution in [3.63, 3.8) is 0 Å². The van der Waals surface area contributed by atoms with E-state index < -0.39 is 4.81 Å². The fraction of sp³-hybridized carbons (Fsp3) is 1.00. The lowest BCUT2D eigenvalue weighted by Gasteiger charge is -2.26. The van der Waals surface area contributed by atoms with Crippen LogP contribution in [0.3, 0.4) is 0 Å². The summed E-state index contributed by atoms with van der Waals surface area (Å²) in [6, 6.07) is -0.0703. The maximum Gasteiger partial charge on any atom is 0.149 e. The molecule has 0 saturated carbocycles. The van der Waals surface area contributed by atoms with Gasteiger partial charge in [0.25, 0.3) is 0 Å². The number of hydrogen-bond donors (Lipinski definition) is 2. The Kier molecular flexibility index (Phi) is 11.6. The molecule has 0 spiro atoms. The van der Waals surface area contributed by atoms with Crippen molar-refractivity contribution in [2.45, 2.75) is 97.4 Å². The molecule has 0 radical (unpaired) electrons. The van der Waals surface area contributed by atoms with E-state index in [-0.39, 0.29) is 6.04 Å². The Labute approximate surface area is 120 Å². The van der Waals surface area contributed by atoms with E-state index >= 15 is 0 Å². The van der Waals surface area contributed by atoms with Gasteiger partial charge >= 0.3 is 0 Å². The second-order valence-electron chi connectivity index (χ2n) is 5.92. The SMILES string of the molecule is CCCCCCCCCCCCC(C)[N+](O)(O)CC. The summed E-state index contributed by atoms with van der Waals surface area (Å²) in [7, 11) is 0. The first-order chi connectivity index (χ1) is 9.04. The first kappa shape index (κ1) is 18.9. The van der Waals surface area contributed by atoms with Gasteiger partial charge in [0, 0.05) is 6.42 Å². The molecule has 0 aliphatic rings. The van der Waals surface area contributed by atoms with Gasteiger partial charge in [-0.25, -0.2) is 0 Å². The van der Waals surface area contributed by atoms with Crippen molar-refractivity contribution in [1.29, 1.82) is 0 Å². The van der Waals surface area contributed by atoms with Gasteiger partial charge in [-0.2, -0.15) is 10.4 Å². The van der Waals surface area contributed by atoms with Crippen LogP contribution in [-0.4, -0.2) is 27.8 Å².